The summed E-state index contributed by atoms with van der Waals surface area (Å²) in [7, 11) is 0. The molecule has 0 heterocycles. The van der Waals surface area contributed by atoms with Crippen LogP contribution in [0.15, 0.2) is 24.3 Å². The molecule has 0 spiro atoms. The molecule has 1 rings (SSSR count). The van der Waals surface area contributed by atoms with Crippen molar-refractivity contribution in [1.29, 1.82) is 0 Å². The maximum atomic E-state index is 11.3. The minimum atomic E-state index is -0.00704. The van der Waals surface area contributed by atoms with Gasteiger partial charge in [-0.15, -0.1) is 12.6 Å². The molecule has 0 aliphatic heterocycles. The van der Waals surface area contributed by atoms with Gasteiger partial charge in [0.1, 0.15) is 0 Å². The summed E-state index contributed by atoms with van der Waals surface area (Å²) in [6.07, 6.45) is 1.65. The quantitative estimate of drug-likeness (QED) is 0.799. The highest BCUT2D eigenvalue weighted by molar-refractivity contribution is 7.96. The highest BCUT2D eigenvalue weighted by Gasteiger charge is 2.15. The van der Waals surface area contributed by atoms with E-state index in [9.17, 15) is 4.79 Å². The zero-order chi connectivity index (χ0) is 13.1. The molecular formula is C15H22OS. The van der Waals surface area contributed by atoms with Crippen LogP contribution >= 0.6 is 12.6 Å². The van der Waals surface area contributed by atoms with Crippen LogP contribution in [0.25, 0.3) is 0 Å². The molecule has 17 heavy (non-hydrogen) atoms. The van der Waals surface area contributed by atoms with Gasteiger partial charge >= 0.3 is 0 Å². The van der Waals surface area contributed by atoms with Crippen LogP contribution in [0.4, 0.5) is 0 Å². The summed E-state index contributed by atoms with van der Waals surface area (Å²) in [5, 5.41) is -0.00704. The van der Waals surface area contributed by atoms with Crippen LogP contribution < -0.4 is 0 Å². The standard InChI is InChI=1S/C15H22OS/c1-5-12(14(16)17)10-11-6-8-13(9-7-11)15(2,3)4/h6-9,12H,5,10H2,1-4H3,(H,16,17). The van der Waals surface area contributed by atoms with Gasteiger partial charge in [-0.1, -0.05) is 52.0 Å². The van der Waals surface area contributed by atoms with Crippen LogP contribution in [-0.2, 0) is 16.6 Å². The minimum Gasteiger partial charge on any atom is -0.287 e. The van der Waals surface area contributed by atoms with Crippen molar-refractivity contribution in [1.82, 2.24) is 0 Å². The lowest BCUT2D eigenvalue weighted by Gasteiger charge is -2.19. The predicted octanol–water partition coefficient (Wildman–Crippen LogP) is 4.01. The Hall–Kier alpha value is -0.760. The van der Waals surface area contributed by atoms with E-state index in [0.717, 1.165) is 12.8 Å². The zero-order valence-electron chi connectivity index (χ0n) is 11.2. The number of thiol groups is 1. The van der Waals surface area contributed by atoms with Gasteiger partial charge in [0.25, 0.3) is 0 Å². The molecule has 1 nitrogen and oxygen atoms in total. The fourth-order valence-corrected chi connectivity index (χ4v) is 2.11. The van der Waals surface area contributed by atoms with Crippen LogP contribution in [0.2, 0.25) is 0 Å². The maximum Gasteiger partial charge on any atom is 0.189 e. The van der Waals surface area contributed by atoms with Gasteiger partial charge < -0.3 is 0 Å². The average molecular weight is 250 g/mol. The Kier molecular flexibility index (Phi) is 4.81. The third kappa shape index (κ3) is 4.19. The number of carbonyl (C=O) groups is 1. The SMILES string of the molecule is CCC(Cc1ccc(C(C)(C)C)cc1)C(=O)S. The van der Waals surface area contributed by atoms with Crippen molar-refractivity contribution in [3.8, 4) is 0 Å². The Morgan fingerprint density at radius 2 is 1.76 bits per heavy atom. The van der Waals surface area contributed by atoms with Crippen molar-refractivity contribution < 1.29 is 4.79 Å². The molecule has 1 aromatic rings. The molecule has 0 radical (unpaired) electrons. The van der Waals surface area contributed by atoms with Crippen molar-refractivity contribution in [3.05, 3.63) is 35.4 Å². The lowest BCUT2D eigenvalue weighted by atomic mass is 9.86. The second-order valence-corrected chi connectivity index (χ2v) is 6.04. The van der Waals surface area contributed by atoms with Crippen molar-refractivity contribution in [2.45, 2.75) is 46.0 Å². The number of hydrogen-bond donors (Lipinski definition) is 1. The van der Waals surface area contributed by atoms with E-state index in [1.807, 2.05) is 6.92 Å². The van der Waals surface area contributed by atoms with Crippen molar-refractivity contribution in [2.75, 3.05) is 0 Å². The van der Waals surface area contributed by atoms with E-state index in [0.29, 0.717) is 0 Å². The fraction of sp³-hybridized carbons (Fsp3) is 0.533. The molecule has 0 saturated carbocycles. The van der Waals surface area contributed by atoms with Gasteiger partial charge in [0.15, 0.2) is 5.12 Å². The highest BCUT2D eigenvalue weighted by atomic mass is 32.1. The Labute approximate surface area is 110 Å². The van der Waals surface area contributed by atoms with Crippen LogP contribution in [-0.4, -0.2) is 5.12 Å². The molecule has 0 fully saturated rings. The van der Waals surface area contributed by atoms with E-state index < -0.39 is 0 Å². The molecule has 1 unspecified atom stereocenters. The Morgan fingerprint density at radius 3 is 2.12 bits per heavy atom. The van der Waals surface area contributed by atoms with E-state index in [1.165, 1.54) is 11.1 Å². The molecule has 0 aliphatic rings. The van der Waals surface area contributed by atoms with E-state index in [-0.39, 0.29) is 16.4 Å². The van der Waals surface area contributed by atoms with Gasteiger partial charge in [-0.3, -0.25) is 4.79 Å². The summed E-state index contributed by atoms with van der Waals surface area (Å²) in [5.74, 6) is 0.0406. The molecule has 0 amide bonds. The van der Waals surface area contributed by atoms with E-state index >= 15 is 0 Å². The molecular weight excluding hydrogens is 228 g/mol. The van der Waals surface area contributed by atoms with Crippen LogP contribution in [0.1, 0.15) is 45.2 Å². The topological polar surface area (TPSA) is 17.1 Å². The van der Waals surface area contributed by atoms with Gasteiger partial charge in [0.2, 0.25) is 0 Å². The van der Waals surface area contributed by atoms with Crippen molar-refractivity contribution in [3.63, 3.8) is 0 Å². The summed E-state index contributed by atoms with van der Waals surface area (Å²) < 4.78 is 0. The molecule has 0 aliphatic carbocycles. The number of hydrogen-bond acceptors (Lipinski definition) is 1. The van der Waals surface area contributed by atoms with Gasteiger partial charge in [0, 0.05) is 5.92 Å². The third-order valence-corrected chi connectivity index (χ3v) is 3.51. The summed E-state index contributed by atoms with van der Waals surface area (Å²) in [4.78, 5) is 11.3. The van der Waals surface area contributed by atoms with Crippen molar-refractivity contribution in [2.24, 2.45) is 5.92 Å². The monoisotopic (exact) mass is 250 g/mol. The van der Waals surface area contributed by atoms with Crippen molar-refractivity contribution >= 4 is 17.7 Å². The molecule has 1 aromatic carbocycles. The van der Waals surface area contributed by atoms with Gasteiger partial charge in [-0.25, -0.2) is 0 Å². The first-order valence-electron chi connectivity index (χ1n) is 6.16. The molecule has 1 atom stereocenters. The zero-order valence-corrected chi connectivity index (χ0v) is 12.1. The van der Waals surface area contributed by atoms with Crippen LogP contribution in [0, 0.1) is 5.92 Å². The maximum absolute atomic E-state index is 11.3. The predicted molar refractivity (Wildman–Crippen MR) is 76.6 cm³/mol. The smallest absolute Gasteiger partial charge is 0.189 e. The Bertz CT molecular complexity index is 373. The summed E-state index contributed by atoms with van der Waals surface area (Å²) in [6.45, 7) is 8.64. The van der Waals surface area contributed by atoms with Gasteiger partial charge in [0.05, 0.1) is 0 Å². The fourth-order valence-electron chi connectivity index (χ4n) is 1.83. The van der Waals surface area contributed by atoms with Gasteiger partial charge in [-0.05, 0) is 29.4 Å². The first-order chi connectivity index (χ1) is 7.84. The molecule has 0 bridgehead atoms. The number of rotatable bonds is 4. The lowest BCUT2D eigenvalue weighted by molar-refractivity contribution is -0.114. The second-order valence-electron chi connectivity index (χ2n) is 5.59. The largest absolute Gasteiger partial charge is 0.287 e. The molecule has 94 valence electrons. The van der Waals surface area contributed by atoms with Crippen LogP contribution in [0.3, 0.4) is 0 Å². The van der Waals surface area contributed by atoms with Crippen LogP contribution in [0.5, 0.6) is 0 Å². The lowest BCUT2D eigenvalue weighted by Crippen LogP contribution is -2.13. The number of benzene rings is 1. The second kappa shape index (κ2) is 5.72. The van der Waals surface area contributed by atoms with E-state index in [1.54, 1.807) is 0 Å². The third-order valence-electron chi connectivity index (χ3n) is 3.14. The Balaban J connectivity index is 2.78. The molecule has 0 N–H and O–H groups in total. The highest BCUT2D eigenvalue weighted by Crippen LogP contribution is 2.23. The summed E-state index contributed by atoms with van der Waals surface area (Å²) >= 11 is 3.93. The molecule has 0 saturated heterocycles. The summed E-state index contributed by atoms with van der Waals surface area (Å²) in [6, 6.07) is 8.57. The average Bonchev–Trinajstić information content (AvgIpc) is 2.25. The van der Waals surface area contributed by atoms with E-state index in [4.69, 9.17) is 0 Å². The Morgan fingerprint density at radius 1 is 1.24 bits per heavy atom. The molecule has 0 aromatic heterocycles. The summed E-state index contributed by atoms with van der Waals surface area (Å²) in [5.41, 5.74) is 2.72. The molecule has 2 heteroatoms. The van der Waals surface area contributed by atoms with Gasteiger partial charge in [-0.2, -0.15) is 0 Å². The minimum absolute atomic E-state index is 0.00704. The first kappa shape index (κ1) is 14.3. The normalized spacial score (nSPS) is 13.5. The first-order valence-corrected chi connectivity index (χ1v) is 6.61. The van der Waals surface area contributed by atoms with E-state index in [2.05, 4.69) is 57.7 Å². The number of carbonyl (C=O) groups excluding carboxylic acids is 1.